The molecule has 0 amide bonds. The number of hydrogen-bond donors (Lipinski definition) is 0. The van der Waals surface area contributed by atoms with E-state index in [0.717, 1.165) is 39.3 Å². The molecule has 0 aromatic heterocycles. The van der Waals surface area contributed by atoms with Crippen molar-refractivity contribution in [3.8, 4) is 0 Å². The third-order valence-corrected chi connectivity index (χ3v) is 16.3. The van der Waals surface area contributed by atoms with Gasteiger partial charge >= 0.3 is 7.87 Å². The molecule has 0 unspecified atom stereocenters. The van der Waals surface area contributed by atoms with Crippen molar-refractivity contribution in [1.82, 2.24) is 14.0 Å². The second-order valence-electron chi connectivity index (χ2n) is 8.37. The maximum Gasteiger partial charge on any atom is 0.352 e. The summed E-state index contributed by atoms with van der Waals surface area (Å²) in [5.41, 5.74) is 0. The number of nitrogens with zero attached hydrogens (tertiary/aromatic N) is 4. The molecule has 0 bridgehead atoms. The lowest BCUT2D eigenvalue weighted by atomic mass is 10.4. The Morgan fingerprint density at radius 3 is 0.967 bits per heavy atom. The molecule has 0 aliphatic heterocycles. The van der Waals surface area contributed by atoms with Crippen LogP contribution in [0.4, 0.5) is 0 Å². The highest BCUT2D eigenvalue weighted by Crippen LogP contribution is 2.75. The van der Waals surface area contributed by atoms with Crippen molar-refractivity contribution in [2.24, 2.45) is 4.52 Å². The lowest BCUT2D eigenvalue weighted by molar-refractivity contribution is 0.330. The van der Waals surface area contributed by atoms with E-state index in [1.165, 1.54) is 57.0 Å². The summed E-state index contributed by atoms with van der Waals surface area (Å²) in [4.78, 5) is 0. The van der Waals surface area contributed by atoms with Crippen LogP contribution in [0.25, 0.3) is 0 Å². The van der Waals surface area contributed by atoms with E-state index in [1.54, 1.807) is 0 Å². The summed E-state index contributed by atoms with van der Waals surface area (Å²) in [7, 11) is -3.25. The second kappa shape index (κ2) is 17.1. The van der Waals surface area contributed by atoms with Gasteiger partial charge in [-0.25, -0.2) is 0 Å². The van der Waals surface area contributed by atoms with Gasteiger partial charge < -0.3 is 0 Å². The minimum Gasteiger partial charge on any atom is -0.128 e. The standard InChI is InChI=1S/C24H57N4P2/c1-10-19-22-29(23-20-11-2,24-21-12-3)25-30(26(13-4)14-5,27(15-6)16-7)28(17-8)18-9/h10-24H2,1-9H3/q+1. The van der Waals surface area contributed by atoms with Crippen molar-refractivity contribution in [2.45, 2.75) is 101 Å². The molecule has 0 saturated carbocycles. The molecule has 0 aromatic rings. The molecule has 182 valence electrons. The van der Waals surface area contributed by atoms with E-state index in [2.05, 4.69) is 76.3 Å². The fraction of sp³-hybridized carbons (Fsp3) is 1.00. The summed E-state index contributed by atoms with van der Waals surface area (Å²) in [5, 5.41) is 0. The number of rotatable bonds is 19. The Morgan fingerprint density at radius 1 is 0.500 bits per heavy atom. The molecule has 0 aromatic carbocycles. The van der Waals surface area contributed by atoms with Crippen molar-refractivity contribution in [1.29, 1.82) is 0 Å². The molecule has 0 radical (unpaired) electrons. The van der Waals surface area contributed by atoms with Crippen LogP contribution in [-0.4, -0.2) is 71.8 Å². The molecule has 0 atom stereocenters. The van der Waals surface area contributed by atoms with Crippen LogP contribution in [0.1, 0.15) is 101 Å². The third kappa shape index (κ3) is 8.15. The number of unbranched alkanes of at least 4 members (excludes halogenated alkanes) is 3. The van der Waals surface area contributed by atoms with Crippen molar-refractivity contribution in [3.63, 3.8) is 0 Å². The van der Waals surface area contributed by atoms with Gasteiger partial charge in [-0.1, -0.05) is 44.5 Å². The van der Waals surface area contributed by atoms with Crippen LogP contribution in [0.2, 0.25) is 0 Å². The van der Waals surface area contributed by atoms with E-state index in [-0.39, 0.29) is 0 Å². The zero-order valence-electron chi connectivity index (χ0n) is 22.3. The van der Waals surface area contributed by atoms with E-state index >= 15 is 0 Å². The predicted molar refractivity (Wildman–Crippen MR) is 144 cm³/mol. The Hall–Kier alpha value is 0.540. The Bertz CT molecular complexity index is 398. The summed E-state index contributed by atoms with van der Waals surface area (Å²) in [6.45, 7) is 27.7. The van der Waals surface area contributed by atoms with Crippen LogP contribution in [0.15, 0.2) is 4.52 Å². The molecule has 6 heteroatoms. The van der Waals surface area contributed by atoms with Crippen LogP contribution < -0.4 is 0 Å². The van der Waals surface area contributed by atoms with Crippen LogP contribution in [0, 0.1) is 0 Å². The van der Waals surface area contributed by atoms with Gasteiger partial charge in [0.1, 0.15) is 0 Å². The molecular formula is C24H57N4P2+. The lowest BCUT2D eigenvalue weighted by Crippen LogP contribution is -2.44. The van der Waals surface area contributed by atoms with Gasteiger partial charge in [0.15, 0.2) is 0 Å². The van der Waals surface area contributed by atoms with E-state index < -0.39 is 14.9 Å². The molecule has 0 aliphatic rings. The highest BCUT2D eigenvalue weighted by Gasteiger charge is 2.56. The van der Waals surface area contributed by atoms with Crippen LogP contribution in [-0.2, 0) is 0 Å². The average molecular weight is 464 g/mol. The lowest BCUT2D eigenvalue weighted by Gasteiger charge is -2.44. The molecule has 30 heavy (non-hydrogen) atoms. The first kappa shape index (κ1) is 30.5. The maximum absolute atomic E-state index is 6.28. The zero-order valence-corrected chi connectivity index (χ0v) is 24.1. The first-order chi connectivity index (χ1) is 14.4. The average Bonchev–Trinajstić information content (AvgIpc) is 2.77. The van der Waals surface area contributed by atoms with Crippen molar-refractivity contribution >= 4 is 14.9 Å². The molecule has 0 saturated heterocycles. The molecule has 0 aliphatic carbocycles. The third-order valence-electron chi connectivity index (χ3n) is 6.42. The van der Waals surface area contributed by atoms with Gasteiger partial charge in [-0.15, -0.1) is 14.0 Å². The van der Waals surface area contributed by atoms with Crippen LogP contribution in [0.3, 0.4) is 0 Å². The van der Waals surface area contributed by atoms with Crippen molar-refractivity contribution in [3.05, 3.63) is 0 Å². The van der Waals surface area contributed by atoms with E-state index in [9.17, 15) is 0 Å². The van der Waals surface area contributed by atoms with E-state index in [0.29, 0.717) is 0 Å². The van der Waals surface area contributed by atoms with E-state index in [4.69, 9.17) is 4.52 Å². The van der Waals surface area contributed by atoms with Gasteiger partial charge in [0.2, 0.25) is 0 Å². The fourth-order valence-corrected chi connectivity index (χ4v) is 15.8. The van der Waals surface area contributed by atoms with Crippen LogP contribution >= 0.6 is 14.9 Å². The van der Waals surface area contributed by atoms with Crippen molar-refractivity contribution < 1.29 is 0 Å². The molecule has 0 rings (SSSR count). The largest absolute Gasteiger partial charge is 0.352 e. The number of hydrogen-bond acceptors (Lipinski definition) is 4. The van der Waals surface area contributed by atoms with Gasteiger partial charge in [0.25, 0.3) is 0 Å². The summed E-state index contributed by atoms with van der Waals surface area (Å²) in [6, 6.07) is 0. The quantitative estimate of drug-likeness (QED) is 0.180. The predicted octanol–water partition coefficient (Wildman–Crippen LogP) is 8.29. The Balaban J connectivity index is 7.04. The molecule has 0 fully saturated rings. The highest BCUT2D eigenvalue weighted by molar-refractivity contribution is 7.78. The molecular weight excluding hydrogens is 406 g/mol. The summed E-state index contributed by atoms with van der Waals surface area (Å²) in [6.07, 6.45) is 12.0. The summed E-state index contributed by atoms with van der Waals surface area (Å²) >= 11 is 0. The summed E-state index contributed by atoms with van der Waals surface area (Å²) in [5.74, 6) is 0. The Morgan fingerprint density at radius 2 is 0.767 bits per heavy atom. The molecule has 0 heterocycles. The summed E-state index contributed by atoms with van der Waals surface area (Å²) < 4.78 is 14.6. The van der Waals surface area contributed by atoms with Gasteiger partial charge in [0.05, 0.1) is 0 Å². The first-order valence-electron chi connectivity index (χ1n) is 13.2. The van der Waals surface area contributed by atoms with Gasteiger partial charge in [-0.3, -0.25) is 0 Å². The second-order valence-corrected chi connectivity index (χ2v) is 15.4. The van der Waals surface area contributed by atoms with E-state index in [1.807, 2.05) is 0 Å². The molecule has 0 N–H and O–H groups in total. The first-order valence-corrected chi connectivity index (χ1v) is 17.1. The highest BCUT2D eigenvalue weighted by atomic mass is 31.2. The fourth-order valence-electron chi connectivity index (χ4n) is 4.60. The van der Waals surface area contributed by atoms with Gasteiger partial charge in [-0.2, -0.15) is 0 Å². The minimum atomic E-state index is -1.89. The Kier molecular flexibility index (Phi) is 17.4. The van der Waals surface area contributed by atoms with Crippen molar-refractivity contribution in [2.75, 3.05) is 57.8 Å². The zero-order chi connectivity index (χ0) is 23.0. The monoisotopic (exact) mass is 463 g/mol. The van der Waals surface area contributed by atoms with Gasteiger partial charge in [-0.05, 0) is 79.3 Å². The maximum atomic E-state index is 6.28. The molecule has 0 spiro atoms. The minimum absolute atomic E-state index is 1.09. The van der Waals surface area contributed by atoms with Gasteiger partial charge in [0, 0.05) is 46.3 Å². The SMILES string of the molecule is CCCCP(CCCC)(CCCC)=N[P+](N(CC)CC)(N(CC)CC)N(CC)CC. The Labute approximate surface area is 192 Å². The smallest absolute Gasteiger partial charge is 0.128 e. The van der Waals surface area contributed by atoms with Crippen LogP contribution in [0.5, 0.6) is 0 Å². The topological polar surface area (TPSA) is 22.1 Å². The molecule has 4 nitrogen and oxygen atoms in total. The normalized spacial score (nSPS) is 13.1.